The Bertz CT molecular complexity index is 1060. The van der Waals surface area contributed by atoms with Gasteiger partial charge in [-0.15, -0.1) is 0 Å². The van der Waals surface area contributed by atoms with Crippen molar-refractivity contribution < 1.29 is 14.3 Å². The number of aromatic nitrogens is 2. The summed E-state index contributed by atoms with van der Waals surface area (Å²) in [5, 5.41) is 6.69. The van der Waals surface area contributed by atoms with Crippen molar-refractivity contribution in [3.05, 3.63) is 87.8 Å². The zero-order valence-electron chi connectivity index (χ0n) is 14.8. The van der Waals surface area contributed by atoms with Gasteiger partial charge in [-0.2, -0.15) is 5.10 Å². The smallest absolute Gasteiger partial charge is 0.339 e. The molecule has 7 heteroatoms. The van der Waals surface area contributed by atoms with Crippen LogP contribution in [0.2, 0.25) is 0 Å². The van der Waals surface area contributed by atoms with Gasteiger partial charge in [0.15, 0.2) is 5.69 Å². The minimum absolute atomic E-state index is 0.183. The van der Waals surface area contributed by atoms with Gasteiger partial charge in [0, 0.05) is 12.3 Å². The number of anilines is 1. The molecule has 7 nitrogen and oxygen atoms in total. The second-order valence-corrected chi connectivity index (χ2v) is 5.80. The molecular weight excluding hydrogens is 346 g/mol. The number of nitrogens with one attached hydrogen (secondary N) is 1. The van der Waals surface area contributed by atoms with Crippen molar-refractivity contribution in [3.63, 3.8) is 0 Å². The van der Waals surface area contributed by atoms with Crippen molar-refractivity contribution in [2.24, 2.45) is 0 Å². The van der Waals surface area contributed by atoms with E-state index in [4.69, 9.17) is 4.74 Å². The van der Waals surface area contributed by atoms with E-state index < -0.39 is 17.3 Å². The molecule has 1 N–H and O–H groups in total. The first-order valence-corrected chi connectivity index (χ1v) is 8.15. The molecule has 3 rings (SSSR count). The third-order valence-corrected chi connectivity index (χ3v) is 3.90. The van der Waals surface area contributed by atoms with E-state index in [0.29, 0.717) is 5.69 Å². The maximum atomic E-state index is 12.6. The van der Waals surface area contributed by atoms with E-state index in [-0.39, 0.29) is 16.9 Å². The van der Waals surface area contributed by atoms with E-state index in [2.05, 4.69) is 10.4 Å². The highest BCUT2D eigenvalue weighted by molar-refractivity contribution is 6.06. The third kappa shape index (κ3) is 3.92. The Hall–Kier alpha value is -3.74. The first kappa shape index (κ1) is 18.1. The fourth-order valence-electron chi connectivity index (χ4n) is 2.47. The average Bonchev–Trinajstić information content (AvgIpc) is 2.69. The molecule has 1 amide bonds. The Morgan fingerprint density at radius 1 is 1.04 bits per heavy atom. The summed E-state index contributed by atoms with van der Waals surface area (Å²) >= 11 is 0. The van der Waals surface area contributed by atoms with Crippen LogP contribution in [-0.2, 0) is 4.74 Å². The summed E-state index contributed by atoms with van der Waals surface area (Å²) in [6.45, 7) is 1.96. The van der Waals surface area contributed by atoms with Crippen LogP contribution >= 0.6 is 0 Å². The lowest BCUT2D eigenvalue weighted by Gasteiger charge is -2.10. The summed E-state index contributed by atoms with van der Waals surface area (Å²) in [5.41, 5.74) is 1.41. The molecule has 136 valence electrons. The van der Waals surface area contributed by atoms with Crippen LogP contribution in [0.15, 0.2) is 65.6 Å². The predicted octanol–water partition coefficient (Wildman–Crippen LogP) is 2.58. The number of hydrogen-bond donors (Lipinski definition) is 1. The van der Waals surface area contributed by atoms with Crippen molar-refractivity contribution >= 4 is 17.6 Å². The number of carbonyl (C=O) groups excluding carboxylic acids is 2. The molecule has 0 atom stereocenters. The lowest BCUT2D eigenvalue weighted by molar-refractivity contribution is 0.0602. The zero-order valence-corrected chi connectivity index (χ0v) is 14.8. The van der Waals surface area contributed by atoms with E-state index in [1.165, 1.54) is 30.1 Å². The largest absolute Gasteiger partial charge is 0.465 e. The number of ether oxygens (including phenoxy) is 1. The predicted molar refractivity (Wildman–Crippen MR) is 100 cm³/mol. The molecule has 27 heavy (non-hydrogen) atoms. The van der Waals surface area contributed by atoms with Gasteiger partial charge in [-0.25, -0.2) is 9.48 Å². The van der Waals surface area contributed by atoms with Crippen LogP contribution < -0.4 is 10.7 Å². The molecule has 0 aliphatic rings. The highest BCUT2D eigenvalue weighted by Crippen LogP contribution is 2.16. The topological polar surface area (TPSA) is 90.3 Å². The zero-order chi connectivity index (χ0) is 19.4. The van der Waals surface area contributed by atoms with Crippen molar-refractivity contribution in [2.75, 3.05) is 12.4 Å². The minimum Gasteiger partial charge on any atom is -0.465 e. The van der Waals surface area contributed by atoms with Crippen molar-refractivity contribution in [2.45, 2.75) is 6.92 Å². The highest BCUT2D eigenvalue weighted by Gasteiger charge is 2.17. The summed E-state index contributed by atoms with van der Waals surface area (Å²) in [4.78, 5) is 36.6. The molecular formula is C20H17N3O4. The lowest BCUT2D eigenvalue weighted by atomic mass is 10.1. The number of methoxy groups -OCH3 is 1. The lowest BCUT2D eigenvalue weighted by Crippen LogP contribution is -2.26. The molecule has 0 saturated heterocycles. The number of rotatable bonds is 4. The molecule has 0 aliphatic carbocycles. The molecule has 0 spiro atoms. The molecule has 0 bridgehead atoms. The van der Waals surface area contributed by atoms with Gasteiger partial charge >= 0.3 is 5.97 Å². The molecule has 0 saturated carbocycles. The average molecular weight is 363 g/mol. The molecule has 1 aromatic heterocycles. The fraction of sp³-hybridized carbons (Fsp3) is 0.100. The van der Waals surface area contributed by atoms with Crippen LogP contribution in [0.4, 0.5) is 5.69 Å². The van der Waals surface area contributed by atoms with Gasteiger partial charge in [-0.3, -0.25) is 9.59 Å². The summed E-state index contributed by atoms with van der Waals surface area (Å²) < 4.78 is 6.15. The SMILES string of the molecule is COC(=O)c1ccccc1NC(=O)c1nn(-c2ccc(C)cc2)ccc1=O. The van der Waals surface area contributed by atoms with Crippen LogP contribution in [0.3, 0.4) is 0 Å². The summed E-state index contributed by atoms with van der Waals surface area (Å²) in [7, 11) is 1.25. The van der Waals surface area contributed by atoms with Gasteiger partial charge in [0.25, 0.3) is 5.91 Å². The number of aryl methyl sites for hydroxylation is 1. The maximum absolute atomic E-state index is 12.6. The van der Waals surface area contributed by atoms with Gasteiger partial charge in [-0.1, -0.05) is 29.8 Å². The van der Waals surface area contributed by atoms with E-state index in [0.717, 1.165) is 5.56 Å². The number of para-hydroxylation sites is 1. The van der Waals surface area contributed by atoms with Gasteiger partial charge < -0.3 is 10.1 Å². The van der Waals surface area contributed by atoms with Gasteiger partial charge in [-0.05, 0) is 31.2 Å². The van der Waals surface area contributed by atoms with Crippen LogP contribution in [0.25, 0.3) is 5.69 Å². The number of amides is 1. The number of benzene rings is 2. The molecule has 1 heterocycles. The molecule has 0 unspecified atom stereocenters. The second kappa shape index (κ2) is 7.65. The fourth-order valence-corrected chi connectivity index (χ4v) is 2.47. The second-order valence-electron chi connectivity index (χ2n) is 5.80. The Morgan fingerprint density at radius 2 is 1.74 bits per heavy atom. The van der Waals surface area contributed by atoms with Crippen molar-refractivity contribution in [1.82, 2.24) is 9.78 Å². The van der Waals surface area contributed by atoms with E-state index in [1.807, 2.05) is 31.2 Å². The van der Waals surface area contributed by atoms with Gasteiger partial charge in [0.2, 0.25) is 5.43 Å². The molecule has 3 aromatic rings. The Kier molecular flexibility index (Phi) is 5.12. The van der Waals surface area contributed by atoms with E-state index >= 15 is 0 Å². The number of nitrogens with zero attached hydrogens (tertiary/aromatic N) is 2. The van der Waals surface area contributed by atoms with Gasteiger partial charge in [0.05, 0.1) is 24.0 Å². The summed E-state index contributed by atoms with van der Waals surface area (Å²) in [6, 6.07) is 15.1. The molecule has 0 radical (unpaired) electrons. The van der Waals surface area contributed by atoms with E-state index in [9.17, 15) is 14.4 Å². The normalized spacial score (nSPS) is 10.3. The highest BCUT2D eigenvalue weighted by atomic mass is 16.5. The summed E-state index contributed by atoms with van der Waals surface area (Å²) in [6.07, 6.45) is 1.49. The minimum atomic E-state index is -0.710. The maximum Gasteiger partial charge on any atom is 0.339 e. The Labute approximate surface area is 155 Å². The molecule has 0 fully saturated rings. The quantitative estimate of drug-likeness (QED) is 0.720. The monoisotopic (exact) mass is 363 g/mol. The van der Waals surface area contributed by atoms with E-state index in [1.54, 1.807) is 18.2 Å². The first-order chi connectivity index (χ1) is 13.0. The van der Waals surface area contributed by atoms with Crippen LogP contribution in [0.1, 0.15) is 26.4 Å². The molecule has 2 aromatic carbocycles. The van der Waals surface area contributed by atoms with Crippen LogP contribution in [0, 0.1) is 6.92 Å². The number of carbonyl (C=O) groups is 2. The van der Waals surface area contributed by atoms with Gasteiger partial charge in [0.1, 0.15) is 0 Å². The summed E-state index contributed by atoms with van der Waals surface area (Å²) in [5.74, 6) is -1.30. The number of esters is 1. The van der Waals surface area contributed by atoms with Crippen LogP contribution in [-0.4, -0.2) is 28.8 Å². The Morgan fingerprint density at radius 3 is 2.44 bits per heavy atom. The van der Waals surface area contributed by atoms with Crippen LogP contribution in [0.5, 0.6) is 0 Å². The standard InChI is InChI=1S/C20H17N3O4/c1-13-7-9-14(10-8-13)23-12-11-17(24)18(22-23)19(25)21-16-6-4-3-5-15(16)20(26)27-2/h3-12H,1-2H3,(H,21,25). The Balaban J connectivity index is 1.94. The van der Waals surface area contributed by atoms with Crippen molar-refractivity contribution in [3.8, 4) is 5.69 Å². The number of hydrogen-bond acceptors (Lipinski definition) is 5. The molecule has 0 aliphatic heterocycles. The third-order valence-electron chi connectivity index (χ3n) is 3.90. The first-order valence-electron chi connectivity index (χ1n) is 8.15. The van der Waals surface area contributed by atoms with Crippen molar-refractivity contribution in [1.29, 1.82) is 0 Å².